The van der Waals surface area contributed by atoms with Crippen LogP contribution in [0.4, 0.5) is 0 Å². The Labute approximate surface area is 88.7 Å². The first-order chi connectivity index (χ1) is 7.03. The number of rotatable bonds is 1. The van der Waals surface area contributed by atoms with Crippen molar-refractivity contribution in [3.05, 3.63) is 29.3 Å². The Morgan fingerprint density at radius 3 is 2.93 bits per heavy atom. The lowest BCUT2D eigenvalue weighted by atomic mass is 9.89. The van der Waals surface area contributed by atoms with Gasteiger partial charge in [-0.05, 0) is 19.9 Å². The Morgan fingerprint density at radius 2 is 2.27 bits per heavy atom. The summed E-state index contributed by atoms with van der Waals surface area (Å²) < 4.78 is 5.71. The first kappa shape index (κ1) is 10.2. The van der Waals surface area contributed by atoms with Crippen molar-refractivity contribution in [2.24, 2.45) is 0 Å². The Hall–Kier alpha value is -1.35. The molecule has 0 fully saturated rings. The van der Waals surface area contributed by atoms with Crippen LogP contribution in [0.15, 0.2) is 18.2 Å². The zero-order valence-electron chi connectivity index (χ0n) is 8.86. The molecule has 1 aliphatic rings. The summed E-state index contributed by atoms with van der Waals surface area (Å²) in [7, 11) is 0. The van der Waals surface area contributed by atoms with Gasteiger partial charge in [0.15, 0.2) is 6.29 Å². The van der Waals surface area contributed by atoms with E-state index in [2.05, 4.69) is 0 Å². The first-order valence-electron chi connectivity index (χ1n) is 4.99. The molecular weight excluding hydrogens is 192 g/mol. The molecular formula is C12H14O3. The molecule has 1 aromatic carbocycles. The molecule has 15 heavy (non-hydrogen) atoms. The van der Waals surface area contributed by atoms with E-state index in [1.165, 1.54) is 0 Å². The summed E-state index contributed by atoms with van der Waals surface area (Å²) in [6.07, 6.45) is 0.638. The minimum absolute atomic E-state index is 0.381. The predicted octanol–water partition coefficient (Wildman–Crippen LogP) is 2.09. The topological polar surface area (TPSA) is 46.5 Å². The molecule has 1 atom stereocenters. The molecule has 2 rings (SSSR count). The van der Waals surface area contributed by atoms with Crippen molar-refractivity contribution in [3.63, 3.8) is 0 Å². The maximum atomic E-state index is 10.8. The molecule has 1 N–H and O–H groups in total. The number of aldehydes is 1. The van der Waals surface area contributed by atoms with Gasteiger partial charge in [-0.2, -0.15) is 0 Å². The second kappa shape index (κ2) is 3.35. The predicted molar refractivity (Wildman–Crippen MR) is 56.1 cm³/mol. The number of fused-ring (bicyclic) bond motifs is 1. The highest BCUT2D eigenvalue weighted by Gasteiger charge is 2.33. The fraction of sp³-hybridized carbons (Fsp3) is 0.417. The van der Waals surface area contributed by atoms with Crippen molar-refractivity contribution in [1.82, 2.24) is 0 Å². The molecule has 0 amide bonds. The molecule has 0 saturated heterocycles. The van der Waals surface area contributed by atoms with Crippen LogP contribution in [0.2, 0.25) is 0 Å². The third-order valence-corrected chi connectivity index (χ3v) is 2.63. The van der Waals surface area contributed by atoms with Crippen molar-refractivity contribution in [1.29, 1.82) is 0 Å². The molecule has 80 valence electrons. The van der Waals surface area contributed by atoms with Gasteiger partial charge in [0.05, 0.1) is 6.10 Å². The van der Waals surface area contributed by atoms with Crippen molar-refractivity contribution < 1.29 is 14.6 Å². The summed E-state index contributed by atoms with van der Waals surface area (Å²) in [5.74, 6) is 0.614. The van der Waals surface area contributed by atoms with Crippen LogP contribution >= 0.6 is 0 Å². The van der Waals surface area contributed by atoms with Gasteiger partial charge >= 0.3 is 0 Å². The highest BCUT2D eigenvalue weighted by Crippen LogP contribution is 2.40. The average Bonchev–Trinajstić information content (AvgIpc) is 2.14. The molecule has 1 unspecified atom stereocenters. The molecule has 0 aromatic heterocycles. The molecule has 0 radical (unpaired) electrons. The van der Waals surface area contributed by atoms with Crippen molar-refractivity contribution in [3.8, 4) is 5.75 Å². The molecule has 1 aromatic rings. The van der Waals surface area contributed by atoms with Gasteiger partial charge in [-0.3, -0.25) is 4.79 Å². The fourth-order valence-electron chi connectivity index (χ4n) is 2.02. The highest BCUT2D eigenvalue weighted by atomic mass is 16.5. The van der Waals surface area contributed by atoms with Gasteiger partial charge in [0.2, 0.25) is 0 Å². The molecule has 0 saturated carbocycles. The van der Waals surface area contributed by atoms with Crippen molar-refractivity contribution in [2.75, 3.05) is 0 Å². The maximum absolute atomic E-state index is 10.8. The zero-order valence-corrected chi connectivity index (χ0v) is 8.86. The van der Waals surface area contributed by atoms with Crippen LogP contribution in [0.3, 0.4) is 0 Å². The summed E-state index contributed by atoms with van der Waals surface area (Å²) >= 11 is 0. The van der Waals surface area contributed by atoms with Gasteiger partial charge in [-0.1, -0.05) is 12.1 Å². The monoisotopic (exact) mass is 206 g/mol. The Balaban J connectivity index is 2.54. The van der Waals surface area contributed by atoms with E-state index in [0.29, 0.717) is 23.3 Å². The van der Waals surface area contributed by atoms with Crippen LogP contribution in [-0.2, 0) is 0 Å². The van der Waals surface area contributed by atoms with E-state index in [1.54, 1.807) is 18.2 Å². The van der Waals surface area contributed by atoms with E-state index in [0.717, 1.165) is 6.29 Å². The molecule has 1 aliphatic heterocycles. The smallest absolute Gasteiger partial charge is 0.150 e. The van der Waals surface area contributed by atoms with Gasteiger partial charge in [-0.25, -0.2) is 0 Å². The van der Waals surface area contributed by atoms with E-state index in [1.807, 2.05) is 13.8 Å². The van der Waals surface area contributed by atoms with Crippen LogP contribution in [-0.4, -0.2) is 17.0 Å². The first-order valence-corrected chi connectivity index (χ1v) is 4.99. The van der Waals surface area contributed by atoms with Gasteiger partial charge in [0.25, 0.3) is 0 Å². The quantitative estimate of drug-likeness (QED) is 0.716. The van der Waals surface area contributed by atoms with Gasteiger partial charge < -0.3 is 9.84 Å². The van der Waals surface area contributed by atoms with Crippen LogP contribution in [0.25, 0.3) is 0 Å². The Bertz CT molecular complexity index is 396. The molecule has 3 heteroatoms. The second-order valence-electron chi connectivity index (χ2n) is 4.46. The van der Waals surface area contributed by atoms with E-state index in [4.69, 9.17) is 4.74 Å². The fourth-order valence-corrected chi connectivity index (χ4v) is 2.02. The summed E-state index contributed by atoms with van der Waals surface area (Å²) in [6, 6.07) is 5.24. The van der Waals surface area contributed by atoms with Crippen LogP contribution < -0.4 is 4.74 Å². The van der Waals surface area contributed by atoms with Gasteiger partial charge in [-0.15, -0.1) is 0 Å². The number of hydrogen-bond acceptors (Lipinski definition) is 3. The van der Waals surface area contributed by atoms with Crippen LogP contribution in [0, 0.1) is 0 Å². The minimum Gasteiger partial charge on any atom is -0.487 e. The third kappa shape index (κ3) is 1.75. The Kier molecular flexibility index (Phi) is 2.27. The molecule has 0 spiro atoms. The lowest BCUT2D eigenvalue weighted by Gasteiger charge is -2.35. The summed E-state index contributed by atoms with van der Waals surface area (Å²) in [5.41, 5.74) is 0.746. The zero-order chi connectivity index (χ0) is 11.1. The number of carbonyl (C=O) groups excluding carboxylic acids is 1. The maximum Gasteiger partial charge on any atom is 0.150 e. The largest absolute Gasteiger partial charge is 0.487 e. The molecule has 3 nitrogen and oxygen atoms in total. The number of carbonyl (C=O) groups is 1. The van der Waals surface area contributed by atoms with Gasteiger partial charge in [0, 0.05) is 17.5 Å². The number of benzene rings is 1. The standard InChI is InChI=1S/C12H14O3/c1-12(2)6-9(14)11-8(7-13)4-3-5-10(11)15-12/h3-5,7,9,14H,6H2,1-2H3. The minimum atomic E-state index is -0.620. The molecule has 0 bridgehead atoms. The van der Waals surface area contributed by atoms with Crippen molar-refractivity contribution in [2.45, 2.75) is 32.0 Å². The molecule has 0 aliphatic carbocycles. The summed E-state index contributed by atoms with van der Waals surface area (Å²) in [6.45, 7) is 3.85. The van der Waals surface area contributed by atoms with Crippen molar-refractivity contribution >= 4 is 6.29 Å². The van der Waals surface area contributed by atoms with Crippen LogP contribution in [0.5, 0.6) is 5.75 Å². The number of aliphatic hydroxyl groups is 1. The molecule has 1 heterocycles. The average molecular weight is 206 g/mol. The summed E-state index contributed by atoms with van der Waals surface area (Å²) in [5, 5.41) is 9.97. The Morgan fingerprint density at radius 1 is 1.53 bits per heavy atom. The number of aliphatic hydroxyl groups excluding tert-OH is 1. The second-order valence-corrected chi connectivity index (χ2v) is 4.46. The van der Waals surface area contributed by atoms with E-state index in [9.17, 15) is 9.90 Å². The summed E-state index contributed by atoms with van der Waals surface area (Å²) in [4.78, 5) is 10.8. The van der Waals surface area contributed by atoms with E-state index in [-0.39, 0.29) is 5.60 Å². The van der Waals surface area contributed by atoms with Gasteiger partial charge in [0.1, 0.15) is 11.4 Å². The number of ether oxygens (including phenoxy) is 1. The lowest BCUT2D eigenvalue weighted by Crippen LogP contribution is -2.35. The van der Waals surface area contributed by atoms with E-state index >= 15 is 0 Å². The lowest BCUT2D eigenvalue weighted by molar-refractivity contribution is 0.0111. The SMILES string of the molecule is CC1(C)CC(O)c2c(C=O)cccc2O1. The number of hydrogen-bond donors (Lipinski definition) is 1. The normalized spacial score (nSPS) is 22.7. The van der Waals surface area contributed by atoms with E-state index < -0.39 is 6.10 Å². The third-order valence-electron chi connectivity index (χ3n) is 2.63. The van der Waals surface area contributed by atoms with Crippen LogP contribution in [0.1, 0.15) is 42.3 Å². The highest BCUT2D eigenvalue weighted by molar-refractivity contribution is 5.79.